The van der Waals surface area contributed by atoms with Gasteiger partial charge in [-0.2, -0.15) is 13.2 Å². The van der Waals surface area contributed by atoms with Gasteiger partial charge in [0.05, 0.1) is 16.2 Å². The van der Waals surface area contributed by atoms with E-state index in [4.69, 9.17) is 23.2 Å². The molecule has 9 heteroatoms. The fourth-order valence-corrected chi connectivity index (χ4v) is 2.63. The second kappa shape index (κ2) is 6.16. The van der Waals surface area contributed by atoms with Crippen LogP contribution in [0.2, 0.25) is 10.0 Å². The normalized spacial score (nSPS) is 14.9. The number of carbonyl (C=O) groups excluding carboxylic acids is 2. The molecule has 0 aliphatic carbocycles. The van der Waals surface area contributed by atoms with E-state index >= 15 is 0 Å². The Morgan fingerprint density at radius 2 is 1.68 bits per heavy atom. The van der Waals surface area contributed by atoms with Gasteiger partial charge >= 0.3 is 6.18 Å². The van der Waals surface area contributed by atoms with Crippen molar-refractivity contribution < 1.29 is 22.8 Å². The molecule has 0 bridgehead atoms. The van der Waals surface area contributed by atoms with E-state index in [0.29, 0.717) is 27.7 Å². The minimum absolute atomic E-state index is 0.0689. The van der Waals surface area contributed by atoms with Crippen LogP contribution in [-0.2, 0) is 15.8 Å². The van der Waals surface area contributed by atoms with Crippen molar-refractivity contribution in [2.45, 2.75) is 6.18 Å². The van der Waals surface area contributed by atoms with Crippen molar-refractivity contribution >= 4 is 46.4 Å². The van der Waals surface area contributed by atoms with E-state index in [2.05, 4.69) is 4.98 Å². The molecule has 128 valence electrons. The largest absolute Gasteiger partial charge is 0.417 e. The number of imide groups is 1. The van der Waals surface area contributed by atoms with Crippen molar-refractivity contribution in [1.29, 1.82) is 0 Å². The van der Waals surface area contributed by atoms with E-state index in [1.165, 1.54) is 0 Å². The molecule has 0 atom stereocenters. The molecule has 1 aromatic heterocycles. The van der Waals surface area contributed by atoms with Crippen LogP contribution in [0.3, 0.4) is 0 Å². The maximum atomic E-state index is 12.7. The molecule has 0 unspecified atom stereocenters. The molecule has 0 radical (unpaired) electrons. The zero-order valence-corrected chi connectivity index (χ0v) is 13.7. The summed E-state index contributed by atoms with van der Waals surface area (Å²) in [4.78, 5) is 28.8. The lowest BCUT2D eigenvalue weighted by molar-refractivity contribution is -0.137. The third-order valence-electron chi connectivity index (χ3n) is 3.44. The highest BCUT2D eigenvalue weighted by Gasteiger charge is 2.37. The number of benzene rings is 1. The van der Waals surface area contributed by atoms with E-state index in [0.717, 1.165) is 6.08 Å². The van der Waals surface area contributed by atoms with E-state index in [1.807, 2.05) is 0 Å². The fourth-order valence-electron chi connectivity index (χ4n) is 2.26. The standard InChI is InChI=1S/C16H7Cl2F3N2O2/c17-10-3-1-8(2-4-10)11-6-13(24)23(15(11)25)14-12(18)5-9(7-22-14)16(19,20)21/h1-7H. The first kappa shape index (κ1) is 17.4. The number of pyridine rings is 1. The Bertz CT molecular complexity index is 909. The van der Waals surface area contributed by atoms with E-state index in [-0.39, 0.29) is 11.4 Å². The zero-order chi connectivity index (χ0) is 18.4. The van der Waals surface area contributed by atoms with E-state index in [9.17, 15) is 22.8 Å². The van der Waals surface area contributed by atoms with Crippen LogP contribution < -0.4 is 4.90 Å². The molecule has 2 amide bonds. The number of aromatic nitrogens is 1. The molecule has 1 aliphatic rings. The van der Waals surface area contributed by atoms with Crippen LogP contribution >= 0.6 is 23.2 Å². The van der Waals surface area contributed by atoms with Gasteiger partial charge in [-0.25, -0.2) is 9.88 Å². The van der Waals surface area contributed by atoms with Crippen LogP contribution in [-0.4, -0.2) is 16.8 Å². The lowest BCUT2D eigenvalue weighted by Crippen LogP contribution is -2.31. The Morgan fingerprint density at radius 1 is 1.04 bits per heavy atom. The van der Waals surface area contributed by atoms with Crippen molar-refractivity contribution in [3.63, 3.8) is 0 Å². The van der Waals surface area contributed by atoms with Gasteiger partial charge in [0, 0.05) is 17.3 Å². The van der Waals surface area contributed by atoms with Gasteiger partial charge in [-0.3, -0.25) is 9.59 Å². The van der Waals surface area contributed by atoms with Gasteiger partial charge in [-0.05, 0) is 23.8 Å². The van der Waals surface area contributed by atoms with Gasteiger partial charge in [-0.15, -0.1) is 0 Å². The molecular formula is C16H7Cl2F3N2O2. The molecule has 0 spiro atoms. The second-order valence-electron chi connectivity index (χ2n) is 5.07. The number of rotatable bonds is 2. The van der Waals surface area contributed by atoms with Gasteiger partial charge in [0.2, 0.25) is 0 Å². The minimum atomic E-state index is -4.64. The smallest absolute Gasteiger partial charge is 0.269 e. The van der Waals surface area contributed by atoms with Crippen LogP contribution in [0.25, 0.3) is 5.57 Å². The lowest BCUT2D eigenvalue weighted by Gasteiger charge is -2.16. The van der Waals surface area contributed by atoms with Crippen molar-refractivity contribution in [3.05, 3.63) is 63.8 Å². The quantitative estimate of drug-likeness (QED) is 0.720. The third-order valence-corrected chi connectivity index (χ3v) is 3.97. The average Bonchev–Trinajstić information content (AvgIpc) is 2.82. The monoisotopic (exact) mass is 386 g/mol. The van der Waals surface area contributed by atoms with Crippen molar-refractivity contribution in [2.24, 2.45) is 0 Å². The summed E-state index contributed by atoms with van der Waals surface area (Å²) >= 11 is 11.6. The molecule has 2 aromatic rings. The van der Waals surface area contributed by atoms with Gasteiger partial charge in [0.1, 0.15) is 0 Å². The highest BCUT2D eigenvalue weighted by molar-refractivity contribution is 6.45. The number of amides is 2. The summed E-state index contributed by atoms with van der Waals surface area (Å²) in [5.41, 5.74) is -0.570. The van der Waals surface area contributed by atoms with Crippen LogP contribution in [0.15, 0.2) is 42.6 Å². The van der Waals surface area contributed by atoms with Gasteiger partial charge in [-0.1, -0.05) is 35.3 Å². The lowest BCUT2D eigenvalue weighted by atomic mass is 10.1. The maximum Gasteiger partial charge on any atom is 0.417 e. The SMILES string of the molecule is O=C1C=C(c2ccc(Cl)cc2)C(=O)N1c1ncc(C(F)(F)F)cc1Cl. The molecule has 25 heavy (non-hydrogen) atoms. The van der Waals surface area contributed by atoms with Crippen molar-refractivity contribution in [2.75, 3.05) is 4.90 Å². The number of alkyl halides is 3. The zero-order valence-electron chi connectivity index (χ0n) is 12.1. The molecular weight excluding hydrogens is 380 g/mol. The van der Waals surface area contributed by atoms with E-state index in [1.54, 1.807) is 24.3 Å². The first-order chi connectivity index (χ1) is 11.7. The summed E-state index contributed by atoms with van der Waals surface area (Å²) in [5.74, 6) is -1.84. The van der Waals surface area contributed by atoms with Crippen molar-refractivity contribution in [3.8, 4) is 0 Å². The number of anilines is 1. The Hall–Kier alpha value is -2.38. The Labute approximate surface area is 149 Å². The van der Waals surface area contributed by atoms with Crippen LogP contribution in [0.5, 0.6) is 0 Å². The molecule has 0 saturated heterocycles. The van der Waals surface area contributed by atoms with Crippen LogP contribution in [0, 0.1) is 0 Å². The Kier molecular flexibility index (Phi) is 4.30. The van der Waals surface area contributed by atoms with Gasteiger partial charge < -0.3 is 0 Å². The number of nitrogens with zero attached hydrogens (tertiary/aromatic N) is 2. The minimum Gasteiger partial charge on any atom is -0.269 e. The average molecular weight is 387 g/mol. The fraction of sp³-hybridized carbons (Fsp3) is 0.0625. The first-order valence-electron chi connectivity index (χ1n) is 6.77. The Morgan fingerprint density at radius 3 is 2.24 bits per heavy atom. The van der Waals surface area contributed by atoms with Crippen LogP contribution in [0.4, 0.5) is 19.0 Å². The molecule has 1 aliphatic heterocycles. The number of halogens is 5. The van der Waals surface area contributed by atoms with Crippen LogP contribution in [0.1, 0.15) is 11.1 Å². The number of carbonyl (C=O) groups is 2. The molecule has 2 heterocycles. The summed E-state index contributed by atoms with van der Waals surface area (Å²) in [6.45, 7) is 0. The summed E-state index contributed by atoms with van der Waals surface area (Å²) < 4.78 is 38.0. The summed E-state index contributed by atoms with van der Waals surface area (Å²) in [7, 11) is 0. The third kappa shape index (κ3) is 3.25. The second-order valence-corrected chi connectivity index (χ2v) is 5.91. The van der Waals surface area contributed by atoms with Gasteiger partial charge in [0.25, 0.3) is 11.8 Å². The first-order valence-corrected chi connectivity index (χ1v) is 7.53. The number of hydrogen-bond donors (Lipinski definition) is 0. The molecule has 3 rings (SSSR count). The predicted octanol–water partition coefficient (Wildman–Crippen LogP) is 4.36. The molecule has 4 nitrogen and oxygen atoms in total. The van der Waals surface area contributed by atoms with Gasteiger partial charge in [0.15, 0.2) is 5.82 Å². The maximum absolute atomic E-state index is 12.7. The molecule has 0 saturated carbocycles. The molecule has 1 aromatic carbocycles. The molecule has 0 N–H and O–H groups in total. The molecule has 0 fully saturated rings. The summed E-state index contributed by atoms with van der Waals surface area (Å²) in [6, 6.07) is 6.79. The topological polar surface area (TPSA) is 50.3 Å². The predicted molar refractivity (Wildman–Crippen MR) is 86.2 cm³/mol. The summed E-state index contributed by atoms with van der Waals surface area (Å²) in [5, 5.41) is -0.00675. The van der Waals surface area contributed by atoms with E-state index < -0.39 is 28.6 Å². The Balaban J connectivity index is 1.96. The number of hydrogen-bond acceptors (Lipinski definition) is 3. The highest BCUT2D eigenvalue weighted by atomic mass is 35.5. The summed E-state index contributed by atoms with van der Waals surface area (Å²) in [6.07, 6.45) is -3.05. The highest BCUT2D eigenvalue weighted by Crippen LogP contribution is 2.36. The van der Waals surface area contributed by atoms with Crippen molar-refractivity contribution in [1.82, 2.24) is 4.98 Å².